The molecule has 0 aliphatic rings. The summed E-state index contributed by atoms with van der Waals surface area (Å²) in [6.07, 6.45) is -7.21. The van der Waals surface area contributed by atoms with Crippen LogP contribution in [-0.4, -0.2) is 23.2 Å². The molecule has 10 heteroatoms. The number of halogens is 7. The van der Waals surface area contributed by atoms with Crippen molar-refractivity contribution in [2.45, 2.75) is 52.0 Å². The first kappa shape index (κ1) is 25.7. The molecule has 0 saturated carbocycles. The lowest BCUT2D eigenvalue weighted by atomic mass is 9.94. The summed E-state index contributed by atoms with van der Waals surface area (Å²) >= 11 is 6.06. The first-order valence-electron chi connectivity index (χ1n) is 9.48. The first-order chi connectivity index (χ1) is 14.7. The molecule has 1 heterocycles. The average molecular weight is 479 g/mol. The molecule has 0 spiro atoms. The highest BCUT2D eigenvalue weighted by Gasteiger charge is 2.39. The van der Waals surface area contributed by atoms with Crippen LogP contribution >= 0.6 is 11.6 Å². The number of carbonyl (C=O) groups excluding carboxylic acids is 1. The van der Waals surface area contributed by atoms with Gasteiger partial charge in [-0.15, -0.1) is 0 Å². The van der Waals surface area contributed by atoms with Gasteiger partial charge in [-0.1, -0.05) is 29.8 Å². The molecule has 32 heavy (non-hydrogen) atoms. The number of nitrogens with zero attached hydrogens (tertiary/aromatic N) is 1. The van der Waals surface area contributed by atoms with Gasteiger partial charge in [0, 0.05) is 11.2 Å². The highest BCUT2D eigenvalue weighted by molar-refractivity contribution is 6.31. The fraction of sp³-hybridized carbons (Fsp3) is 0.364. The van der Waals surface area contributed by atoms with E-state index in [1.165, 1.54) is 30.5 Å². The zero-order chi connectivity index (χ0) is 24.3. The SMILES string of the molecule is Cc1cc(/C=C/C(c2cc(C)c(C)c(Cl)c2)C(F)(F)F)cnc1CNC(=O)CC(F)(F)F. The Morgan fingerprint density at radius 1 is 1.09 bits per heavy atom. The number of amides is 1. The molecule has 1 amide bonds. The second-order valence-electron chi connectivity index (χ2n) is 7.42. The third kappa shape index (κ3) is 7.25. The number of aryl methyl sites for hydroxylation is 2. The van der Waals surface area contributed by atoms with Crippen LogP contribution in [0.25, 0.3) is 6.08 Å². The van der Waals surface area contributed by atoms with Gasteiger partial charge >= 0.3 is 12.4 Å². The van der Waals surface area contributed by atoms with E-state index in [1.54, 1.807) is 20.8 Å². The lowest BCUT2D eigenvalue weighted by Crippen LogP contribution is -2.28. The summed E-state index contributed by atoms with van der Waals surface area (Å²) in [5.41, 5.74) is 2.55. The summed E-state index contributed by atoms with van der Waals surface area (Å²) in [6, 6.07) is 4.28. The molecule has 0 fully saturated rings. The lowest BCUT2D eigenvalue weighted by molar-refractivity contribution is -0.153. The maximum Gasteiger partial charge on any atom is 0.399 e. The molecule has 1 N–H and O–H groups in total. The van der Waals surface area contributed by atoms with E-state index in [0.29, 0.717) is 27.9 Å². The Bertz CT molecular complexity index is 991. The van der Waals surface area contributed by atoms with Crippen LogP contribution in [0.5, 0.6) is 0 Å². The molecule has 1 unspecified atom stereocenters. The smallest absolute Gasteiger partial charge is 0.350 e. The number of carbonyl (C=O) groups is 1. The van der Waals surface area contributed by atoms with Crippen molar-refractivity contribution < 1.29 is 31.1 Å². The largest absolute Gasteiger partial charge is 0.399 e. The predicted molar refractivity (Wildman–Crippen MR) is 110 cm³/mol. The van der Waals surface area contributed by atoms with Gasteiger partial charge in [-0.2, -0.15) is 26.3 Å². The average Bonchev–Trinajstić information content (AvgIpc) is 2.63. The van der Waals surface area contributed by atoms with Crippen LogP contribution in [0.2, 0.25) is 5.02 Å². The van der Waals surface area contributed by atoms with Crippen molar-refractivity contribution in [3.8, 4) is 0 Å². The molecule has 0 aliphatic heterocycles. The Morgan fingerprint density at radius 2 is 1.75 bits per heavy atom. The molecule has 0 radical (unpaired) electrons. The van der Waals surface area contributed by atoms with E-state index < -0.39 is 30.6 Å². The van der Waals surface area contributed by atoms with E-state index in [1.807, 2.05) is 0 Å². The van der Waals surface area contributed by atoms with E-state index >= 15 is 0 Å². The molecule has 0 aliphatic carbocycles. The summed E-state index contributed by atoms with van der Waals surface area (Å²) < 4.78 is 77.7. The van der Waals surface area contributed by atoms with Gasteiger partial charge in [0.25, 0.3) is 0 Å². The highest BCUT2D eigenvalue weighted by Crippen LogP contribution is 2.38. The highest BCUT2D eigenvalue weighted by atomic mass is 35.5. The number of hydrogen-bond acceptors (Lipinski definition) is 2. The Kier molecular flexibility index (Phi) is 7.98. The molecular formula is C22H21ClF6N2O. The number of hydrogen-bond donors (Lipinski definition) is 1. The standard InChI is InChI=1S/C22H21ClF6N2O/c1-12-7-16(8-18(23)14(12)3)17(22(27,28)29)5-4-15-6-13(2)19(30-10-15)11-31-20(32)9-21(24,25)26/h4-8,10,17H,9,11H2,1-3H3,(H,31,32)/b5-4+. The minimum absolute atomic E-state index is 0.00975. The molecule has 2 rings (SSSR count). The van der Waals surface area contributed by atoms with Crippen LogP contribution in [-0.2, 0) is 11.3 Å². The van der Waals surface area contributed by atoms with Gasteiger partial charge in [0.2, 0.25) is 5.91 Å². The zero-order valence-corrected chi connectivity index (χ0v) is 18.2. The summed E-state index contributed by atoms with van der Waals surface area (Å²) in [7, 11) is 0. The van der Waals surface area contributed by atoms with Crippen molar-refractivity contribution in [1.82, 2.24) is 10.3 Å². The monoisotopic (exact) mass is 478 g/mol. The Labute approximate surface area is 186 Å². The van der Waals surface area contributed by atoms with Gasteiger partial charge in [0.15, 0.2) is 0 Å². The Hall–Kier alpha value is -2.55. The van der Waals surface area contributed by atoms with Crippen LogP contribution in [0.4, 0.5) is 26.3 Å². The third-order valence-corrected chi connectivity index (χ3v) is 5.23. The molecule has 0 bridgehead atoms. The number of pyridine rings is 1. The van der Waals surface area contributed by atoms with Gasteiger partial charge in [-0.05, 0) is 60.7 Å². The zero-order valence-electron chi connectivity index (χ0n) is 17.5. The van der Waals surface area contributed by atoms with Crippen molar-refractivity contribution in [2.75, 3.05) is 0 Å². The molecule has 1 aromatic carbocycles. The van der Waals surface area contributed by atoms with Gasteiger partial charge < -0.3 is 5.32 Å². The molecular weight excluding hydrogens is 458 g/mol. The van der Waals surface area contributed by atoms with E-state index in [0.717, 1.165) is 6.08 Å². The van der Waals surface area contributed by atoms with Crippen LogP contribution in [0.3, 0.4) is 0 Å². The molecule has 174 valence electrons. The summed E-state index contributed by atoms with van der Waals surface area (Å²) in [6.45, 7) is 4.78. The third-order valence-electron chi connectivity index (χ3n) is 4.84. The van der Waals surface area contributed by atoms with Crippen molar-refractivity contribution in [3.63, 3.8) is 0 Å². The van der Waals surface area contributed by atoms with Crippen molar-refractivity contribution in [1.29, 1.82) is 0 Å². The first-order valence-corrected chi connectivity index (χ1v) is 9.85. The van der Waals surface area contributed by atoms with Crippen LogP contribution < -0.4 is 5.32 Å². The van der Waals surface area contributed by atoms with Crippen LogP contribution in [0.15, 0.2) is 30.5 Å². The maximum atomic E-state index is 13.7. The van der Waals surface area contributed by atoms with E-state index in [4.69, 9.17) is 11.6 Å². The molecule has 1 atom stereocenters. The van der Waals surface area contributed by atoms with E-state index in [-0.39, 0.29) is 17.1 Å². The van der Waals surface area contributed by atoms with Gasteiger partial charge in [0.1, 0.15) is 6.42 Å². The Morgan fingerprint density at radius 3 is 2.28 bits per heavy atom. The fourth-order valence-electron chi connectivity index (χ4n) is 2.97. The summed E-state index contributed by atoms with van der Waals surface area (Å²) in [5, 5.41) is 2.37. The predicted octanol–water partition coefficient (Wildman–Crippen LogP) is 6.59. The summed E-state index contributed by atoms with van der Waals surface area (Å²) in [4.78, 5) is 15.3. The minimum Gasteiger partial charge on any atom is -0.350 e. The second-order valence-corrected chi connectivity index (χ2v) is 7.83. The number of rotatable bonds is 6. The molecule has 2 aromatic rings. The van der Waals surface area contributed by atoms with Crippen LogP contribution in [0, 0.1) is 20.8 Å². The maximum absolute atomic E-state index is 13.7. The quantitative estimate of drug-likeness (QED) is 0.476. The van der Waals surface area contributed by atoms with E-state index in [9.17, 15) is 31.1 Å². The number of benzene rings is 1. The second kappa shape index (κ2) is 9.94. The number of aromatic nitrogens is 1. The summed E-state index contributed by atoms with van der Waals surface area (Å²) in [5.74, 6) is -3.08. The van der Waals surface area contributed by atoms with Gasteiger partial charge in [0.05, 0.1) is 18.2 Å². The Balaban J connectivity index is 2.20. The van der Waals surface area contributed by atoms with Gasteiger partial charge in [-0.3, -0.25) is 9.78 Å². The number of alkyl halides is 6. The number of nitrogens with one attached hydrogen (secondary N) is 1. The normalized spacial score (nSPS) is 13.4. The van der Waals surface area contributed by atoms with Crippen molar-refractivity contribution in [2.24, 2.45) is 0 Å². The lowest BCUT2D eigenvalue weighted by Gasteiger charge is -2.19. The topological polar surface area (TPSA) is 42.0 Å². The fourth-order valence-corrected chi connectivity index (χ4v) is 3.24. The van der Waals surface area contributed by atoms with Gasteiger partial charge in [-0.25, -0.2) is 0 Å². The molecule has 3 nitrogen and oxygen atoms in total. The van der Waals surface area contributed by atoms with Crippen molar-refractivity contribution in [3.05, 3.63) is 69.0 Å². The van der Waals surface area contributed by atoms with Crippen LogP contribution in [0.1, 0.15) is 45.8 Å². The van der Waals surface area contributed by atoms with E-state index in [2.05, 4.69) is 10.3 Å². The molecule has 0 saturated heterocycles. The molecule has 1 aromatic heterocycles. The van der Waals surface area contributed by atoms with Crippen molar-refractivity contribution >= 4 is 23.6 Å². The number of allylic oxidation sites excluding steroid dienone is 1. The minimum atomic E-state index is -4.61.